The largest absolute Gasteiger partial charge is 0.481 e. The normalized spacial score (nSPS) is 12.8. The van der Waals surface area contributed by atoms with Gasteiger partial charge in [-0.3, -0.25) is 52.8 Å². The maximum atomic E-state index is 13.4. The van der Waals surface area contributed by atoms with Gasteiger partial charge in [0.25, 0.3) is 11.8 Å². The molecular formula is C47H76N4O18. The molecule has 0 unspecified atom stereocenters. The highest BCUT2D eigenvalue weighted by molar-refractivity contribution is 6.13. The first kappa shape index (κ1) is 62.2. The molecule has 1 rings (SSSR count). The van der Waals surface area contributed by atoms with Gasteiger partial charge in [0.2, 0.25) is 17.7 Å². The number of nitrogens with one attached hydrogen (secondary N) is 3. The van der Waals surface area contributed by atoms with Crippen LogP contribution in [0.25, 0.3) is 0 Å². The van der Waals surface area contributed by atoms with Crippen molar-refractivity contribution >= 4 is 58.6 Å². The standard InChI is InChI=1S/C47H76N4O18/c1-63-25-5-8-38(54)17-27-67-33-47(34-68-29-18-41(56)48-22-31-64-2,35-69-30-19-42(57)49-23-32-65-3)21-15-36(52)7-4-10-40(55)39(11-14-46(61)62)50-43(58)20-28-66-26-6-9-37(53)16-24-51-44(59)12-13-45(51)60/h12-13,39H,4-11,14-35H2,1-3H3,(H,48,56)(H,49,57)(H,50,58)(H,61,62)/t39-/m0/s1. The van der Waals surface area contributed by atoms with Crippen LogP contribution in [0.3, 0.4) is 0 Å². The number of nitrogens with zero attached hydrogens (tertiary/aromatic N) is 1. The first-order chi connectivity index (χ1) is 33.1. The number of carboxylic acids is 1. The number of carboxylic acid groups (broad SMARTS) is 1. The molecule has 1 aliphatic heterocycles. The highest BCUT2D eigenvalue weighted by Crippen LogP contribution is 2.28. The number of rotatable bonds is 47. The molecule has 392 valence electrons. The van der Waals surface area contributed by atoms with E-state index in [1.807, 2.05) is 0 Å². The number of hydrogen-bond donors (Lipinski definition) is 4. The van der Waals surface area contributed by atoms with E-state index in [4.69, 9.17) is 33.2 Å². The lowest BCUT2D eigenvalue weighted by atomic mass is 9.84. The minimum atomic E-state index is -1.16. The van der Waals surface area contributed by atoms with Crippen LogP contribution >= 0.6 is 0 Å². The predicted molar refractivity (Wildman–Crippen MR) is 247 cm³/mol. The molecule has 0 saturated carbocycles. The molecule has 0 aromatic carbocycles. The topological polar surface area (TPSA) is 295 Å². The van der Waals surface area contributed by atoms with Gasteiger partial charge in [0, 0.05) is 142 Å². The molecule has 1 aliphatic rings. The smallest absolute Gasteiger partial charge is 0.303 e. The molecule has 0 aromatic heterocycles. The van der Waals surface area contributed by atoms with Gasteiger partial charge in [0.1, 0.15) is 17.3 Å². The van der Waals surface area contributed by atoms with Crippen LogP contribution in [0.1, 0.15) is 103 Å². The van der Waals surface area contributed by atoms with Crippen molar-refractivity contribution in [2.24, 2.45) is 5.41 Å². The highest BCUT2D eigenvalue weighted by Gasteiger charge is 2.33. The third-order valence-electron chi connectivity index (χ3n) is 10.7. The van der Waals surface area contributed by atoms with Crippen molar-refractivity contribution in [2.75, 3.05) is 114 Å². The second-order valence-corrected chi connectivity index (χ2v) is 16.6. The first-order valence-electron chi connectivity index (χ1n) is 23.6. The van der Waals surface area contributed by atoms with Crippen LogP contribution in [0.4, 0.5) is 0 Å². The Kier molecular flexibility index (Phi) is 35.1. The van der Waals surface area contributed by atoms with Crippen LogP contribution < -0.4 is 16.0 Å². The van der Waals surface area contributed by atoms with Gasteiger partial charge in [-0.2, -0.15) is 0 Å². The summed E-state index contributed by atoms with van der Waals surface area (Å²) in [5.74, 6) is -3.92. The van der Waals surface area contributed by atoms with Gasteiger partial charge in [-0.1, -0.05) is 0 Å². The van der Waals surface area contributed by atoms with Gasteiger partial charge in [-0.25, -0.2) is 0 Å². The Morgan fingerprint density at radius 1 is 0.536 bits per heavy atom. The van der Waals surface area contributed by atoms with Crippen molar-refractivity contribution in [3.05, 3.63) is 12.2 Å². The fourth-order valence-electron chi connectivity index (χ4n) is 6.69. The summed E-state index contributed by atoms with van der Waals surface area (Å²) in [7, 11) is 4.60. The Morgan fingerprint density at radius 2 is 1.01 bits per heavy atom. The molecule has 0 aliphatic carbocycles. The van der Waals surface area contributed by atoms with Crippen molar-refractivity contribution in [3.8, 4) is 0 Å². The van der Waals surface area contributed by atoms with Crippen molar-refractivity contribution in [2.45, 2.75) is 109 Å². The molecule has 1 atom stereocenters. The fourth-order valence-corrected chi connectivity index (χ4v) is 6.69. The molecular weight excluding hydrogens is 909 g/mol. The molecule has 22 heteroatoms. The summed E-state index contributed by atoms with van der Waals surface area (Å²) in [5.41, 5.74) is -0.951. The van der Waals surface area contributed by atoms with Gasteiger partial charge < -0.3 is 54.2 Å². The van der Waals surface area contributed by atoms with E-state index >= 15 is 0 Å². The maximum Gasteiger partial charge on any atom is 0.303 e. The number of aliphatic carboxylic acids is 1. The summed E-state index contributed by atoms with van der Waals surface area (Å²) in [6, 6.07) is -1.11. The summed E-state index contributed by atoms with van der Waals surface area (Å²) in [6.45, 7) is 2.13. The Morgan fingerprint density at radius 3 is 1.57 bits per heavy atom. The maximum absolute atomic E-state index is 13.4. The second kappa shape index (κ2) is 38.9. The average molecular weight is 985 g/mol. The van der Waals surface area contributed by atoms with Gasteiger partial charge in [-0.05, 0) is 32.1 Å². The van der Waals surface area contributed by atoms with Crippen LogP contribution in [0.5, 0.6) is 0 Å². The molecule has 0 radical (unpaired) electrons. The number of ketones is 4. The molecule has 4 N–H and O–H groups in total. The third kappa shape index (κ3) is 31.8. The Bertz CT molecular complexity index is 1550. The van der Waals surface area contributed by atoms with E-state index in [9.17, 15) is 53.1 Å². The molecule has 69 heavy (non-hydrogen) atoms. The molecule has 0 spiro atoms. The Labute approximate surface area is 404 Å². The third-order valence-corrected chi connectivity index (χ3v) is 10.7. The Balaban J connectivity index is 2.84. The number of carbonyl (C=O) groups excluding carboxylic acids is 9. The fraction of sp³-hybridized carbons (Fsp3) is 0.745. The summed E-state index contributed by atoms with van der Waals surface area (Å²) in [5, 5.41) is 17.3. The molecule has 0 bridgehead atoms. The van der Waals surface area contributed by atoms with E-state index in [1.165, 1.54) is 14.2 Å². The van der Waals surface area contributed by atoms with Crippen molar-refractivity contribution in [1.82, 2.24) is 20.9 Å². The van der Waals surface area contributed by atoms with E-state index < -0.39 is 40.9 Å². The minimum absolute atomic E-state index is 0.00447. The molecule has 22 nitrogen and oxygen atoms in total. The zero-order valence-corrected chi connectivity index (χ0v) is 40.8. The first-order valence-corrected chi connectivity index (χ1v) is 23.6. The molecule has 1 heterocycles. The van der Waals surface area contributed by atoms with Crippen LogP contribution in [0.2, 0.25) is 0 Å². The number of carbonyl (C=O) groups is 10. The van der Waals surface area contributed by atoms with E-state index in [2.05, 4.69) is 16.0 Å². The van der Waals surface area contributed by atoms with Crippen LogP contribution in [-0.2, 0) is 81.1 Å². The van der Waals surface area contributed by atoms with Crippen LogP contribution in [0.15, 0.2) is 12.2 Å². The number of methoxy groups -OCH3 is 3. The predicted octanol–water partition coefficient (Wildman–Crippen LogP) is 1.22. The van der Waals surface area contributed by atoms with Gasteiger partial charge in [-0.15, -0.1) is 0 Å². The number of Topliss-reactive ketones (excluding diaryl/α,β-unsaturated/α-hetero) is 4. The van der Waals surface area contributed by atoms with Gasteiger partial charge >= 0.3 is 5.97 Å². The summed E-state index contributed by atoms with van der Waals surface area (Å²) in [6.07, 6.45) is 3.49. The van der Waals surface area contributed by atoms with E-state index in [1.54, 1.807) is 7.11 Å². The van der Waals surface area contributed by atoms with E-state index in [0.29, 0.717) is 52.2 Å². The Hall–Kier alpha value is -4.84. The molecule has 0 fully saturated rings. The van der Waals surface area contributed by atoms with Gasteiger partial charge in [0.05, 0.1) is 65.5 Å². The van der Waals surface area contributed by atoms with E-state index in [-0.39, 0.29) is 172 Å². The van der Waals surface area contributed by atoms with Crippen LogP contribution in [-0.4, -0.2) is 188 Å². The minimum Gasteiger partial charge on any atom is -0.481 e. The quantitative estimate of drug-likeness (QED) is 0.0492. The lowest BCUT2D eigenvalue weighted by Gasteiger charge is -2.33. The molecule has 0 aromatic rings. The van der Waals surface area contributed by atoms with Crippen molar-refractivity contribution in [3.63, 3.8) is 0 Å². The SMILES string of the molecule is COCCCC(=O)CCOCC(CCC(=O)CCCC(=O)[C@H](CCC(=O)O)NC(=O)CCOCCCC(=O)CCN1C(=O)C=CC1=O)(COCCC(=O)NCCOC)COCCC(=O)NCCOC. The van der Waals surface area contributed by atoms with Crippen molar-refractivity contribution in [1.29, 1.82) is 0 Å². The molecule has 5 amide bonds. The summed E-state index contributed by atoms with van der Waals surface area (Å²) >= 11 is 0. The monoisotopic (exact) mass is 985 g/mol. The summed E-state index contributed by atoms with van der Waals surface area (Å²) in [4.78, 5) is 124. The van der Waals surface area contributed by atoms with Gasteiger partial charge in [0.15, 0.2) is 5.78 Å². The highest BCUT2D eigenvalue weighted by atomic mass is 16.5. The number of amides is 5. The average Bonchev–Trinajstić information content (AvgIpc) is 3.64. The zero-order chi connectivity index (χ0) is 51.1. The zero-order valence-electron chi connectivity index (χ0n) is 40.8. The summed E-state index contributed by atoms with van der Waals surface area (Å²) < 4.78 is 38.4. The number of ether oxygens (including phenoxy) is 7. The van der Waals surface area contributed by atoms with E-state index in [0.717, 1.165) is 17.1 Å². The van der Waals surface area contributed by atoms with Crippen molar-refractivity contribution < 1.29 is 86.2 Å². The number of imide groups is 1. The second-order valence-electron chi connectivity index (χ2n) is 16.6. The lowest BCUT2D eigenvalue weighted by Crippen LogP contribution is -2.41. The number of hydrogen-bond acceptors (Lipinski definition) is 17. The molecule has 0 saturated heterocycles. The lowest BCUT2D eigenvalue weighted by molar-refractivity contribution is -0.139. The van der Waals surface area contributed by atoms with Crippen LogP contribution in [0, 0.1) is 5.41 Å².